The van der Waals surface area contributed by atoms with Crippen molar-refractivity contribution in [2.45, 2.75) is 19.4 Å². The minimum Gasteiger partial charge on any atom is -0.325 e. The van der Waals surface area contributed by atoms with E-state index in [9.17, 15) is 0 Å². The summed E-state index contributed by atoms with van der Waals surface area (Å²) in [5.74, 6) is 0. The van der Waals surface area contributed by atoms with Crippen LogP contribution in [0.5, 0.6) is 0 Å². The van der Waals surface area contributed by atoms with Crippen LogP contribution in [0, 0.1) is 6.92 Å². The number of rotatable bonds is 3. The molecule has 0 unspecified atom stereocenters. The molecule has 0 saturated carbocycles. The first-order valence-corrected chi connectivity index (χ1v) is 5.14. The molecule has 1 aliphatic heterocycles. The maximum Gasteiger partial charge on any atom is 0.0419 e. The van der Waals surface area contributed by atoms with Gasteiger partial charge in [-0.1, -0.05) is 6.07 Å². The summed E-state index contributed by atoms with van der Waals surface area (Å²) in [6, 6.07) is 6.59. The van der Waals surface area contributed by atoms with Crippen LogP contribution in [0.25, 0.3) is 0 Å². The van der Waals surface area contributed by atoms with Gasteiger partial charge in [-0.2, -0.15) is 0 Å². The monoisotopic (exact) mass is 191 g/mol. The predicted octanol–water partition coefficient (Wildman–Crippen LogP) is 0.575. The zero-order valence-corrected chi connectivity index (χ0v) is 8.61. The zero-order valence-electron chi connectivity index (χ0n) is 8.61. The van der Waals surface area contributed by atoms with Gasteiger partial charge in [0.2, 0.25) is 0 Å². The molecule has 2 rings (SSSR count). The second kappa shape index (κ2) is 4.07. The van der Waals surface area contributed by atoms with Gasteiger partial charge in [-0.15, -0.1) is 0 Å². The fourth-order valence-electron chi connectivity index (χ4n) is 1.80. The molecular weight excluding hydrogens is 174 g/mol. The predicted molar refractivity (Wildman–Crippen MR) is 57.1 cm³/mol. The number of hydrogen-bond acceptors (Lipinski definition) is 3. The van der Waals surface area contributed by atoms with E-state index in [0.29, 0.717) is 6.04 Å². The molecule has 1 saturated heterocycles. The zero-order chi connectivity index (χ0) is 9.97. The molecule has 1 aromatic rings. The highest BCUT2D eigenvalue weighted by Crippen LogP contribution is 2.07. The third-order valence-electron chi connectivity index (χ3n) is 2.62. The molecule has 2 N–H and O–H groups in total. The van der Waals surface area contributed by atoms with Gasteiger partial charge < -0.3 is 5.73 Å². The molecule has 3 heteroatoms. The lowest BCUT2D eigenvalue weighted by Crippen LogP contribution is -2.55. The van der Waals surface area contributed by atoms with Crippen LogP contribution < -0.4 is 5.73 Å². The van der Waals surface area contributed by atoms with Crippen LogP contribution >= 0.6 is 0 Å². The standard InChI is InChI=1S/C11H17N3/c1-9-3-2-4-11(13-9)5-6-14-7-10(12)8-14/h2-4,10H,5-8,12H2,1H3. The van der Waals surface area contributed by atoms with Gasteiger partial charge in [0.25, 0.3) is 0 Å². The second-order valence-electron chi connectivity index (χ2n) is 4.04. The minimum absolute atomic E-state index is 0.403. The topological polar surface area (TPSA) is 42.1 Å². The van der Waals surface area contributed by atoms with E-state index in [0.717, 1.165) is 31.7 Å². The molecule has 0 aromatic carbocycles. The molecule has 1 aliphatic rings. The summed E-state index contributed by atoms with van der Waals surface area (Å²) < 4.78 is 0. The molecule has 1 aromatic heterocycles. The van der Waals surface area contributed by atoms with Gasteiger partial charge in [0.15, 0.2) is 0 Å². The number of likely N-dealkylation sites (tertiary alicyclic amines) is 1. The van der Waals surface area contributed by atoms with Crippen LogP contribution in [-0.2, 0) is 6.42 Å². The summed E-state index contributed by atoms with van der Waals surface area (Å²) in [7, 11) is 0. The van der Waals surface area contributed by atoms with Gasteiger partial charge >= 0.3 is 0 Å². The van der Waals surface area contributed by atoms with Crippen LogP contribution in [0.1, 0.15) is 11.4 Å². The van der Waals surface area contributed by atoms with Crippen molar-refractivity contribution in [3.8, 4) is 0 Å². The Kier molecular flexibility index (Phi) is 2.79. The van der Waals surface area contributed by atoms with Crippen LogP contribution in [-0.4, -0.2) is 35.6 Å². The Morgan fingerprint density at radius 2 is 2.29 bits per heavy atom. The average Bonchev–Trinajstić information content (AvgIpc) is 2.11. The first-order valence-electron chi connectivity index (χ1n) is 5.14. The highest BCUT2D eigenvalue weighted by molar-refractivity contribution is 5.10. The van der Waals surface area contributed by atoms with Gasteiger partial charge in [-0.3, -0.25) is 9.88 Å². The molecule has 0 bridgehead atoms. The molecular formula is C11H17N3. The molecule has 0 aliphatic carbocycles. The van der Waals surface area contributed by atoms with E-state index in [1.807, 2.05) is 13.0 Å². The summed E-state index contributed by atoms with van der Waals surface area (Å²) in [4.78, 5) is 6.83. The van der Waals surface area contributed by atoms with Crippen LogP contribution in [0.4, 0.5) is 0 Å². The number of aryl methyl sites for hydroxylation is 1. The van der Waals surface area contributed by atoms with Crippen molar-refractivity contribution in [3.63, 3.8) is 0 Å². The Balaban J connectivity index is 1.80. The quantitative estimate of drug-likeness (QED) is 0.759. The fourth-order valence-corrected chi connectivity index (χ4v) is 1.80. The van der Waals surface area contributed by atoms with Gasteiger partial charge in [-0.25, -0.2) is 0 Å². The van der Waals surface area contributed by atoms with Gasteiger partial charge in [0.05, 0.1) is 0 Å². The molecule has 1 fully saturated rings. The van der Waals surface area contributed by atoms with E-state index < -0.39 is 0 Å². The van der Waals surface area contributed by atoms with Gasteiger partial charge in [0.1, 0.15) is 0 Å². The third-order valence-corrected chi connectivity index (χ3v) is 2.62. The molecule has 0 atom stereocenters. The second-order valence-corrected chi connectivity index (χ2v) is 4.04. The van der Waals surface area contributed by atoms with E-state index in [4.69, 9.17) is 5.73 Å². The van der Waals surface area contributed by atoms with Crippen molar-refractivity contribution >= 4 is 0 Å². The first-order chi connectivity index (χ1) is 6.74. The molecule has 0 spiro atoms. The molecule has 14 heavy (non-hydrogen) atoms. The Hall–Kier alpha value is -0.930. The Morgan fingerprint density at radius 3 is 2.93 bits per heavy atom. The van der Waals surface area contributed by atoms with Crippen LogP contribution in [0.15, 0.2) is 18.2 Å². The lowest BCUT2D eigenvalue weighted by atomic mass is 10.1. The average molecular weight is 191 g/mol. The SMILES string of the molecule is Cc1cccc(CCN2CC(N)C2)n1. The lowest BCUT2D eigenvalue weighted by Gasteiger charge is -2.36. The minimum atomic E-state index is 0.403. The van der Waals surface area contributed by atoms with Crippen molar-refractivity contribution < 1.29 is 0 Å². The first kappa shape index (κ1) is 9.62. The fraction of sp³-hybridized carbons (Fsp3) is 0.545. The van der Waals surface area contributed by atoms with Crippen molar-refractivity contribution in [1.29, 1.82) is 0 Å². The maximum atomic E-state index is 5.70. The maximum absolute atomic E-state index is 5.70. The van der Waals surface area contributed by atoms with Gasteiger partial charge in [0, 0.05) is 43.5 Å². The van der Waals surface area contributed by atoms with Crippen molar-refractivity contribution in [2.75, 3.05) is 19.6 Å². The molecule has 3 nitrogen and oxygen atoms in total. The Labute approximate surface area is 84.9 Å². The highest BCUT2D eigenvalue weighted by atomic mass is 15.2. The molecule has 2 heterocycles. The highest BCUT2D eigenvalue weighted by Gasteiger charge is 2.21. The summed E-state index contributed by atoms with van der Waals surface area (Å²) in [6.07, 6.45) is 1.04. The molecule has 76 valence electrons. The summed E-state index contributed by atoms with van der Waals surface area (Å²) in [5.41, 5.74) is 7.99. The largest absolute Gasteiger partial charge is 0.325 e. The summed E-state index contributed by atoms with van der Waals surface area (Å²) in [6.45, 7) is 5.21. The summed E-state index contributed by atoms with van der Waals surface area (Å²) in [5, 5.41) is 0. The molecule has 0 amide bonds. The number of nitrogens with zero attached hydrogens (tertiary/aromatic N) is 2. The summed E-state index contributed by atoms with van der Waals surface area (Å²) >= 11 is 0. The molecule has 0 radical (unpaired) electrons. The van der Waals surface area contributed by atoms with E-state index >= 15 is 0 Å². The lowest BCUT2D eigenvalue weighted by molar-refractivity contribution is 0.152. The van der Waals surface area contributed by atoms with Crippen molar-refractivity contribution in [2.24, 2.45) is 5.73 Å². The van der Waals surface area contributed by atoms with E-state index in [1.54, 1.807) is 0 Å². The number of pyridine rings is 1. The van der Waals surface area contributed by atoms with E-state index in [-0.39, 0.29) is 0 Å². The van der Waals surface area contributed by atoms with Crippen LogP contribution in [0.2, 0.25) is 0 Å². The Morgan fingerprint density at radius 1 is 1.50 bits per heavy atom. The normalized spacial score (nSPS) is 18.1. The number of aromatic nitrogens is 1. The number of hydrogen-bond donors (Lipinski definition) is 1. The van der Waals surface area contributed by atoms with E-state index in [1.165, 1.54) is 5.69 Å². The van der Waals surface area contributed by atoms with Crippen molar-refractivity contribution in [3.05, 3.63) is 29.6 Å². The van der Waals surface area contributed by atoms with Crippen molar-refractivity contribution in [1.82, 2.24) is 9.88 Å². The Bertz CT molecular complexity index is 305. The smallest absolute Gasteiger partial charge is 0.0419 e. The third kappa shape index (κ3) is 2.30. The van der Waals surface area contributed by atoms with Gasteiger partial charge in [-0.05, 0) is 19.1 Å². The van der Waals surface area contributed by atoms with Crippen LogP contribution in [0.3, 0.4) is 0 Å². The number of nitrogens with two attached hydrogens (primary N) is 1. The van der Waals surface area contributed by atoms with E-state index in [2.05, 4.69) is 22.0 Å².